The van der Waals surface area contributed by atoms with Gasteiger partial charge in [0, 0.05) is 48.8 Å². The Morgan fingerprint density at radius 1 is 1.14 bits per heavy atom. The average Bonchev–Trinajstić information content (AvgIpc) is 3.34. The van der Waals surface area contributed by atoms with Crippen LogP contribution in [0.3, 0.4) is 0 Å². The Hall–Kier alpha value is -1.92. The Bertz CT molecular complexity index is 1250. The largest absolute Gasteiger partial charge is 0.465 e. The number of ether oxygens (including phenoxy) is 1. The van der Waals surface area contributed by atoms with Gasteiger partial charge in [-0.25, -0.2) is 13.2 Å². The quantitative estimate of drug-likeness (QED) is 0.320. The lowest BCUT2D eigenvalue weighted by Gasteiger charge is -2.42. The number of fused-ring (bicyclic) bond motifs is 2. The van der Waals surface area contributed by atoms with Crippen molar-refractivity contribution < 1.29 is 27.9 Å². The third-order valence-corrected chi connectivity index (χ3v) is 12.3. The molecule has 1 aliphatic carbocycles. The lowest BCUT2D eigenvalue weighted by molar-refractivity contribution is -0.126. The van der Waals surface area contributed by atoms with E-state index in [1.54, 1.807) is 16.4 Å². The third-order valence-electron chi connectivity index (χ3n) is 10.0. The van der Waals surface area contributed by atoms with E-state index in [9.17, 15) is 23.1 Å². The number of nitrogens with zero attached hydrogens (tertiary/aromatic N) is 1. The molecule has 43 heavy (non-hydrogen) atoms. The predicted octanol–water partition coefficient (Wildman–Crippen LogP) is 4.10. The number of hydrogen-bond acceptors (Lipinski definition) is 6. The molecule has 8 atom stereocenters. The first kappa shape index (κ1) is 32.5. The van der Waals surface area contributed by atoms with Gasteiger partial charge in [-0.1, -0.05) is 30.2 Å². The summed E-state index contributed by atoms with van der Waals surface area (Å²) in [5.74, 6) is -0.282. The molecule has 3 saturated heterocycles. The van der Waals surface area contributed by atoms with Crippen LogP contribution in [-0.4, -0.2) is 85.0 Å². The number of halogens is 1. The van der Waals surface area contributed by atoms with Gasteiger partial charge in [-0.05, 0) is 94.7 Å². The van der Waals surface area contributed by atoms with E-state index in [0.717, 1.165) is 44.1 Å². The maximum Gasteiger partial charge on any atom is 0.405 e. The molecule has 0 radical (unpaired) electrons. The second-order valence-corrected chi connectivity index (χ2v) is 16.0. The van der Waals surface area contributed by atoms with E-state index in [0.29, 0.717) is 44.0 Å². The van der Waals surface area contributed by atoms with Crippen molar-refractivity contribution in [2.24, 2.45) is 11.8 Å². The Balaban J connectivity index is 1.31. The van der Waals surface area contributed by atoms with Crippen LogP contribution >= 0.6 is 11.6 Å². The van der Waals surface area contributed by atoms with Crippen molar-refractivity contribution in [3.8, 4) is 0 Å². The van der Waals surface area contributed by atoms with Gasteiger partial charge in [0.05, 0.1) is 11.4 Å². The number of sulfonamides is 1. The molecule has 1 saturated carbocycles. The molecule has 4 N–H and O–H groups in total. The SMILES string of the molecule is CC1(C)CC([C@H](c2ccc(Cl)cc2)[C@H](NC(=O)O)C(=O)N[C@H]2CCC[C@@H]2CC[C@H]2CN[C@@H]3CCCS(=O)(=O)N2C3)CCO1. The van der Waals surface area contributed by atoms with Crippen LogP contribution in [-0.2, 0) is 19.6 Å². The van der Waals surface area contributed by atoms with Crippen molar-refractivity contribution in [2.45, 2.75) is 107 Å². The van der Waals surface area contributed by atoms with E-state index in [1.165, 1.54) is 0 Å². The number of nitrogens with one attached hydrogen (secondary N) is 3. The van der Waals surface area contributed by atoms with Crippen LogP contribution in [0, 0.1) is 11.8 Å². The van der Waals surface area contributed by atoms with Gasteiger partial charge in [0.15, 0.2) is 0 Å². The number of hydrogen-bond donors (Lipinski definition) is 4. The summed E-state index contributed by atoms with van der Waals surface area (Å²) in [6, 6.07) is 6.40. The van der Waals surface area contributed by atoms with Crippen molar-refractivity contribution >= 4 is 33.6 Å². The smallest absolute Gasteiger partial charge is 0.405 e. The zero-order valence-electron chi connectivity index (χ0n) is 25.3. The number of carboxylic acid groups (broad SMARTS) is 1. The zero-order valence-corrected chi connectivity index (χ0v) is 26.8. The van der Waals surface area contributed by atoms with Gasteiger partial charge in [0.2, 0.25) is 15.9 Å². The van der Waals surface area contributed by atoms with Crippen LogP contribution in [0.1, 0.15) is 83.1 Å². The van der Waals surface area contributed by atoms with Gasteiger partial charge < -0.3 is 25.8 Å². The molecule has 0 spiro atoms. The fourth-order valence-electron chi connectivity index (χ4n) is 7.95. The van der Waals surface area contributed by atoms with Crippen molar-refractivity contribution in [3.05, 3.63) is 34.9 Å². The normalized spacial score (nSPS) is 33.1. The average molecular weight is 639 g/mol. The van der Waals surface area contributed by atoms with Crippen LogP contribution in [0.4, 0.5) is 4.79 Å². The summed E-state index contributed by atoms with van der Waals surface area (Å²) < 4.78 is 33.6. The molecular weight excluding hydrogens is 592 g/mol. The van der Waals surface area contributed by atoms with E-state index >= 15 is 0 Å². The summed E-state index contributed by atoms with van der Waals surface area (Å²) in [6.07, 6.45) is 6.00. The van der Waals surface area contributed by atoms with Gasteiger partial charge in [-0.3, -0.25) is 4.79 Å². The molecule has 4 aliphatic rings. The number of benzene rings is 1. The molecule has 5 rings (SSSR count). The number of rotatable bonds is 9. The van der Waals surface area contributed by atoms with Crippen LogP contribution in [0.25, 0.3) is 0 Å². The first-order valence-corrected chi connectivity index (χ1v) is 17.8. The molecule has 2 amide bonds. The Morgan fingerprint density at radius 3 is 2.63 bits per heavy atom. The van der Waals surface area contributed by atoms with E-state index in [1.807, 2.05) is 26.0 Å². The molecule has 0 aromatic heterocycles. The fourth-order valence-corrected chi connectivity index (χ4v) is 9.89. The number of carbonyl (C=O) groups is 2. The molecule has 10 nitrogen and oxygen atoms in total. The highest BCUT2D eigenvalue weighted by Gasteiger charge is 2.43. The van der Waals surface area contributed by atoms with Crippen molar-refractivity contribution in [3.63, 3.8) is 0 Å². The van der Waals surface area contributed by atoms with Gasteiger partial charge in [-0.2, -0.15) is 4.31 Å². The summed E-state index contributed by atoms with van der Waals surface area (Å²) in [7, 11) is -3.26. The van der Waals surface area contributed by atoms with Gasteiger partial charge in [0.1, 0.15) is 6.04 Å². The molecule has 12 heteroatoms. The van der Waals surface area contributed by atoms with Gasteiger partial charge in [-0.15, -0.1) is 0 Å². The first-order chi connectivity index (χ1) is 20.4. The van der Waals surface area contributed by atoms with Crippen molar-refractivity contribution in [2.75, 3.05) is 25.4 Å². The molecule has 1 aromatic rings. The molecular formula is C31H47ClN4O6S. The van der Waals surface area contributed by atoms with Crippen molar-refractivity contribution in [1.29, 1.82) is 0 Å². The maximum atomic E-state index is 14.0. The minimum Gasteiger partial charge on any atom is -0.465 e. The molecule has 2 unspecified atom stereocenters. The summed E-state index contributed by atoms with van der Waals surface area (Å²) >= 11 is 6.19. The molecule has 3 aliphatic heterocycles. The summed E-state index contributed by atoms with van der Waals surface area (Å²) in [6.45, 7) is 5.79. The van der Waals surface area contributed by atoms with Crippen molar-refractivity contribution in [1.82, 2.24) is 20.3 Å². The highest BCUT2D eigenvalue weighted by molar-refractivity contribution is 7.89. The van der Waals surface area contributed by atoms with Gasteiger partial charge in [0.25, 0.3) is 0 Å². The third kappa shape index (κ3) is 8.03. The zero-order chi connectivity index (χ0) is 30.8. The predicted molar refractivity (Wildman–Crippen MR) is 166 cm³/mol. The Morgan fingerprint density at radius 2 is 1.91 bits per heavy atom. The second kappa shape index (κ2) is 13.6. The topological polar surface area (TPSA) is 137 Å². The minimum absolute atomic E-state index is 0.0186. The molecule has 1 aromatic carbocycles. The summed E-state index contributed by atoms with van der Waals surface area (Å²) in [5, 5.41) is 19.8. The van der Waals surface area contributed by atoms with Gasteiger partial charge >= 0.3 is 6.09 Å². The van der Waals surface area contributed by atoms with E-state index in [-0.39, 0.29) is 47.2 Å². The standard InChI is InChI=1S/C31H47ClN4O6S/c1-31(2)17-22(14-15-42-31)27(21-8-11-23(32)12-9-21)28(35-30(38)39)29(37)34-26-7-3-5-20(26)10-13-25-18-33-24-6-4-16-43(40,41)36(25)19-24/h8-9,11-12,20,22,24-28,33,35H,3-7,10,13-19H2,1-2H3,(H,34,37)(H,38,39)/t20-,22?,24-,25+,26+,27+,28+/m1/s1. The second-order valence-electron chi connectivity index (χ2n) is 13.5. The summed E-state index contributed by atoms with van der Waals surface area (Å²) in [5.41, 5.74) is 0.481. The minimum atomic E-state index is -3.26. The molecule has 240 valence electrons. The van der Waals surface area contributed by atoms with E-state index in [4.69, 9.17) is 16.3 Å². The number of carbonyl (C=O) groups excluding carboxylic acids is 1. The monoisotopic (exact) mass is 638 g/mol. The van der Waals surface area contributed by atoms with Crippen LogP contribution in [0.2, 0.25) is 5.02 Å². The van der Waals surface area contributed by atoms with E-state index in [2.05, 4.69) is 16.0 Å². The lowest BCUT2D eigenvalue weighted by atomic mass is 9.73. The summed E-state index contributed by atoms with van der Waals surface area (Å²) in [4.78, 5) is 26.1. The highest BCUT2D eigenvalue weighted by Crippen LogP contribution is 2.41. The number of amides is 2. The number of piperazine rings is 1. The lowest BCUT2D eigenvalue weighted by Crippen LogP contribution is -2.57. The van der Waals surface area contributed by atoms with Crippen LogP contribution in [0.5, 0.6) is 0 Å². The fraction of sp³-hybridized carbons (Fsp3) is 0.742. The molecule has 3 heterocycles. The van der Waals surface area contributed by atoms with Crippen LogP contribution < -0.4 is 16.0 Å². The van der Waals surface area contributed by atoms with E-state index < -0.39 is 28.1 Å². The molecule has 2 bridgehead atoms. The highest BCUT2D eigenvalue weighted by atomic mass is 35.5. The molecule has 4 fully saturated rings. The first-order valence-electron chi connectivity index (χ1n) is 15.8. The Kier molecular flexibility index (Phi) is 10.3. The Labute approximate surface area is 260 Å². The van der Waals surface area contributed by atoms with Crippen LogP contribution in [0.15, 0.2) is 24.3 Å². The maximum absolute atomic E-state index is 14.0.